The average molecular weight is 811 g/mol. The number of nitrogens with two attached hydrogens (primary N) is 1. The van der Waals surface area contributed by atoms with Crippen LogP contribution >= 0.6 is 11.8 Å². The normalized spacial score (nSPS) is 29.5. The first kappa shape index (κ1) is 41.3. The Kier molecular flexibility index (Phi) is 13.6. The molecule has 0 bridgehead atoms. The van der Waals surface area contributed by atoms with Gasteiger partial charge in [-0.05, 0) is 63.7 Å². The molecule has 4 unspecified atom stereocenters. The lowest BCUT2D eigenvalue weighted by atomic mass is 10.0. The Morgan fingerprint density at radius 3 is 2.60 bits per heavy atom. The summed E-state index contributed by atoms with van der Waals surface area (Å²) in [4.78, 5) is 54.1. The fraction of sp³-hybridized carbons (Fsp3) is 0.718. The number of rotatable bonds is 20. The molecular formula is C39H58N10O7S. The van der Waals surface area contributed by atoms with Gasteiger partial charge >= 0.3 is 11.7 Å². The third kappa shape index (κ3) is 9.56. The summed E-state index contributed by atoms with van der Waals surface area (Å²) < 4.78 is 15.5. The van der Waals surface area contributed by atoms with Gasteiger partial charge in [-0.3, -0.25) is 13.9 Å². The lowest BCUT2D eigenvalue weighted by molar-refractivity contribution is -0.119. The molecule has 3 aromatic rings. The molecule has 57 heavy (non-hydrogen) atoms. The smallest absolute Gasteiger partial charge is 0.351 e. The minimum Gasteiger partial charge on any atom is -0.388 e. The van der Waals surface area contributed by atoms with E-state index in [2.05, 4.69) is 49.7 Å². The van der Waals surface area contributed by atoms with Crippen LogP contribution in [0.15, 0.2) is 23.6 Å². The van der Waals surface area contributed by atoms with Crippen LogP contribution in [0.3, 0.4) is 0 Å². The molecule has 18 heteroatoms. The van der Waals surface area contributed by atoms with Crippen molar-refractivity contribution in [1.82, 2.24) is 39.7 Å². The molecule has 17 nitrogen and oxygen atoms in total. The number of carbonyl (C=O) groups is 2. The van der Waals surface area contributed by atoms with Crippen molar-refractivity contribution in [3.05, 3.63) is 34.9 Å². The quantitative estimate of drug-likeness (QED) is 0.0708. The van der Waals surface area contributed by atoms with Gasteiger partial charge in [-0.2, -0.15) is 16.7 Å². The van der Waals surface area contributed by atoms with Crippen LogP contribution in [-0.4, -0.2) is 105 Å². The second-order valence-electron chi connectivity index (χ2n) is 16.1. The Morgan fingerprint density at radius 2 is 1.79 bits per heavy atom. The van der Waals surface area contributed by atoms with Crippen molar-refractivity contribution < 1.29 is 29.3 Å². The fourth-order valence-electron chi connectivity index (χ4n) is 8.75. The number of aromatic nitrogens is 6. The van der Waals surface area contributed by atoms with Crippen LogP contribution in [0.2, 0.25) is 0 Å². The molecule has 4 aliphatic rings. The largest absolute Gasteiger partial charge is 0.388 e. The molecule has 7 heterocycles. The van der Waals surface area contributed by atoms with Gasteiger partial charge in [0, 0.05) is 42.1 Å². The number of thioether (sulfide) groups is 1. The highest BCUT2D eigenvalue weighted by molar-refractivity contribution is 8.00. The van der Waals surface area contributed by atoms with E-state index in [1.807, 2.05) is 11.8 Å². The van der Waals surface area contributed by atoms with Crippen molar-refractivity contribution in [3.8, 4) is 0 Å². The maximum absolute atomic E-state index is 12.6. The molecular weight excluding hydrogens is 753 g/mol. The second-order valence-corrected chi connectivity index (χ2v) is 17.3. The van der Waals surface area contributed by atoms with Crippen LogP contribution < -0.4 is 27.4 Å². The molecule has 4 fully saturated rings. The van der Waals surface area contributed by atoms with Crippen LogP contribution in [0.1, 0.15) is 115 Å². The first-order chi connectivity index (χ1) is 27.6. The number of aliphatic hydroxyl groups excluding tert-OH is 2. The van der Waals surface area contributed by atoms with Gasteiger partial charge in [-0.15, -0.1) is 0 Å². The highest BCUT2D eigenvalue weighted by atomic mass is 32.2. The number of urea groups is 1. The number of fused-ring (bicyclic) bond motifs is 2. The molecule has 7 N–H and O–H groups in total. The predicted octanol–water partition coefficient (Wildman–Crippen LogP) is 3.60. The van der Waals surface area contributed by atoms with E-state index in [1.54, 1.807) is 21.7 Å². The van der Waals surface area contributed by atoms with Crippen LogP contribution in [-0.2, 0) is 20.7 Å². The summed E-state index contributed by atoms with van der Waals surface area (Å²) in [6, 6.07) is 0.388. The number of aryl methyl sites for hydroxylation is 1. The number of hydrogen-bond acceptors (Lipinski definition) is 14. The lowest BCUT2D eigenvalue weighted by Gasteiger charge is -2.17. The Bertz CT molecular complexity index is 1910. The Morgan fingerprint density at radius 1 is 0.982 bits per heavy atom. The molecule has 0 radical (unpaired) electrons. The third-order valence-corrected chi connectivity index (χ3v) is 13.5. The van der Waals surface area contributed by atoms with Gasteiger partial charge in [0.05, 0.1) is 30.6 Å². The topological polar surface area (TPSA) is 234 Å². The molecule has 10 atom stereocenters. The van der Waals surface area contributed by atoms with Gasteiger partial charge < -0.3 is 41.4 Å². The second kappa shape index (κ2) is 18.8. The number of carbonyl (C=O) groups excluding carboxylic acids is 2. The summed E-state index contributed by atoms with van der Waals surface area (Å²) in [5.41, 5.74) is 7.51. The Hall–Kier alpha value is -3.84. The van der Waals surface area contributed by atoms with E-state index in [4.69, 9.17) is 15.2 Å². The highest BCUT2D eigenvalue weighted by Gasteiger charge is 2.44. The number of nitrogens with one attached hydrogen (secondary N) is 3. The first-order valence-corrected chi connectivity index (χ1v) is 21.8. The standard InChI is InChI=1S/C39H58N10O7S/c1-3-26-22(2)17-29(55-26)48-18-23(34(40)47-39(48)54)11-6-8-14-27-32(51)33(52)37(56-27)49-21-44-31-35(42-20-43-36(31)49)41-16-10-4-5-12-24(50)13-7-9-15-28-30-25(19-57-28)45-38(53)46-30/h18,20-22,25-30,32-33,37,51-52H,3-17,19H2,1-2H3,(H2,40,47,54)(H,41,42,43)(H2,45,46,53)/t22-,25?,26+,27+,28?,29+,30?,32?,33-,37+/m0/s1. The van der Waals surface area contributed by atoms with Gasteiger partial charge in [0.2, 0.25) is 0 Å². The molecule has 7 rings (SSSR count). The van der Waals surface area contributed by atoms with Crippen molar-refractivity contribution in [2.75, 3.05) is 23.3 Å². The van der Waals surface area contributed by atoms with Crippen molar-refractivity contribution in [3.63, 3.8) is 0 Å². The molecule has 0 spiro atoms. The number of hydrogen-bond donors (Lipinski definition) is 6. The van der Waals surface area contributed by atoms with Gasteiger partial charge in [0.15, 0.2) is 23.2 Å². The molecule has 4 saturated heterocycles. The molecule has 4 aliphatic heterocycles. The number of aliphatic hydroxyl groups is 2. The summed E-state index contributed by atoms with van der Waals surface area (Å²) in [6.07, 6.45) is 11.6. The minimum atomic E-state index is -1.18. The van der Waals surface area contributed by atoms with E-state index < -0.39 is 30.2 Å². The van der Waals surface area contributed by atoms with Crippen LogP contribution in [0.25, 0.3) is 11.2 Å². The summed E-state index contributed by atoms with van der Waals surface area (Å²) in [7, 11) is 0. The number of amides is 2. The van der Waals surface area contributed by atoms with E-state index >= 15 is 0 Å². The van der Waals surface area contributed by atoms with Crippen LogP contribution in [0, 0.1) is 5.92 Å². The number of Topliss-reactive ketones (excluding diaryl/α,β-unsaturated/α-hetero) is 1. The van der Waals surface area contributed by atoms with Crippen molar-refractivity contribution in [2.45, 2.75) is 158 Å². The van der Waals surface area contributed by atoms with Gasteiger partial charge in [-0.1, -0.05) is 33.1 Å². The van der Waals surface area contributed by atoms with E-state index in [0.29, 0.717) is 79.0 Å². The Balaban J connectivity index is 0.816. The van der Waals surface area contributed by atoms with Gasteiger partial charge in [0.1, 0.15) is 36.4 Å². The fourth-order valence-corrected chi connectivity index (χ4v) is 10.3. The average Bonchev–Trinajstić information content (AvgIpc) is 4.01. The van der Waals surface area contributed by atoms with E-state index in [9.17, 15) is 24.6 Å². The summed E-state index contributed by atoms with van der Waals surface area (Å²) in [5, 5.41) is 31.7. The highest BCUT2D eigenvalue weighted by Crippen LogP contribution is 2.36. The van der Waals surface area contributed by atoms with E-state index in [0.717, 1.165) is 62.7 Å². The number of ether oxygens (including phenoxy) is 2. The minimum absolute atomic E-state index is 0.0628. The molecule has 0 aliphatic carbocycles. The number of nitrogens with zero attached hydrogens (tertiary/aromatic N) is 6. The molecule has 0 saturated carbocycles. The zero-order valence-corrected chi connectivity index (χ0v) is 33.7. The lowest BCUT2D eigenvalue weighted by Crippen LogP contribution is -2.36. The van der Waals surface area contributed by atoms with Crippen molar-refractivity contribution in [1.29, 1.82) is 0 Å². The third-order valence-electron chi connectivity index (χ3n) is 12.0. The molecule has 312 valence electrons. The van der Waals surface area contributed by atoms with Crippen molar-refractivity contribution >= 4 is 46.4 Å². The van der Waals surface area contributed by atoms with Gasteiger partial charge in [-0.25, -0.2) is 24.5 Å². The number of unbranched alkanes of at least 4 members (excludes halogenated alkanes) is 4. The monoisotopic (exact) mass is 810 g/mol. The summed E-state index contributed by atoms with van der Waals surface area (Å²) in [5.74, 6) is 2.39. The molecule has 0 aromatic carbocycles. The first-order valence-electron chi connectivity index (χ1n) is 20.8. The zero-order valence-electron chi connectivity index (χ0n) is 32.9. The number of imidazole rings is 1. The number of ketones is 1. The Labute approximate surface area is 336 Å². The number of nitrogen functional groups attached to an aromatic ring is 1. The van der Waals surface area contributed by atoms with Crippen molar-refractivity contribution in [2.24, 2.45) is 5.92 Å². The maximum atomic E-state index is 12.6. The van der Waals surface area contributed by atoms with Crippen LogP contribution in [0.4, 0.5) is 16.4 Å². The number of anilines is 2. The summed E-state index contributed by atoms with van der Waals surface area (Å²) in [6.45, 7) is 4.86. The van der Waals surface area contributed by atoms with Crippen LogP contribution in [0.5, 0.6) is 0 Å². The molecule has 3 aromatic heterocycles. The van der Waals surface area contributed by atoms with E-state index in [-0.39, 0.29) is 36.3 Å². The summed E-state index contributed by atoms with van der Waals surface area (Å²) >= 11 is 1.91. The maximum Gasteiger partial charge on any atom is 0.351 e. The predicted molar refractivity (Wildman–Crippen MR) is 216 cm³/mol. The van der Waals surface area contributed by atoms with E-state index in [1.165, 1.54) is 6.33 Å². The zero-order chi connectivity index (χ0) is 40.1. The van der Waals surface area contributed by atoms with Gasteiger partial charge in [0.25, 0.3) is 0 Å². The molecule has 2 amide bonds. The SMILES string of the molecule is CC[C@H]1O[C@@H](n2cc(CCCC[C@H]3O[C@@H](n4cnc5c(NCCCCCC(=O)CCCCC6SCC7NC(=O)NC76)ncnc54)[C@@H](O)C3O)c(N)nc2=O)C[C@@H]1C.